The average molecular weight is 510 g/mol. The summed E-state index contributed by atoms with van der Waals surface area (Å²) >= 11 is -2.40. The predicted molar refractivity (Wildman–Crippen MR) is 141 cm³/mol. The lowest BCUT2D eigenvalue weighted by molar-refractivity contribution is -0.130. The first-order valence-electron chi connectivity index (χ1n) is 11.5. The van der Waals surface area contributed by atoms with Crippen molar-refractivity contribution in [1.82, 2.24) is 10.4 Å². The Morgan fingerprint density at radius 3 is 1.89 bits per heavy atom. The third-order valence-corrected chi connectivity index (χ3v) is 6.70. The van der Waals surface area contributed by atoms with Crippen molar-refractivity contribution in [2.45, 2.75) is 32.2 Å². The van der Waals surface area contributed by atoms with Gasteiger partial charge in [0, 0.05) is 26.9 Å². The number of aryl methyl sites for hydroxylation is 2. The van der Waals surface area contributed by atoms with Gasteiger partial charge in [-0.1, -0.05) is 66.2 Å². The van der Waals surface area contributed by atoms with Crippen LogP contribution < -0.4 is 9.79 Å². The highest BCUT2D eigenvalue weighted by Gasteiger charge is 2.31. The van der Waals surface area contributed by atoms with E-state index in [1.54, 1.807) is 31.7 Å². The van der Waals surface area contributed by atoms with Crippen LogP contribution in [0.1, 0.15) is 23.1 Å². The molecule has 2 amide bonds. The molecule has 190 valence electrons. The van der Waals surface area contributed by atoms with Crippen molar-refractivity contribution in [2.75, 3.05) is 18.4 Å². The smallest absolute Gasteiger partial charge is 0.262 e. The average Bonchev–Trinajstić information content (AvgIpc) is 2.88. The second kappa shape index (κ2) is 12.4. The number of benzene rings is 3. The van der Waals surface area contributed by atoms with E-state index >= 15 is 0 Å². The zero-order valence-corrected chi connectivity index (χ0v) is 21.4. The molecule has 3 aromatic rings. The number of rotatable bonds is 10. The number of amides is 2. The molecule has 0 saturated carbocycles. The Kier molecular flexibility index (Phi) is 9.35. The van der Waals surface area contributed by atoms with Gasteiger partial charge in [0.25, 0.3) is 11.3 Å². The van der Waals surface area contributed by atoms with Gasteiger partial charge in [-0.25, -0.2) is 9.69 Å². The molecule has 9 heteroatoms. The van der Waals surface area contributed by atoms with Gasteiger partial charge in [0.2, 0.25) is 11.8 Å². The number of hydrogen-bond donors (Lipinski definition) is 3. The Morgan fingerprint density at radius 2 is 1.42 bits per heavy atom. The molecule has 2 atom stereocenters. The first-order chi connectivity index (χ1) is 17.2. The highest BCUT2D eigenvalue weighted by Crippen LogP contribution is 2.25. The minimum Gasteiger partial charge on any atom is -0.347 e. The topological polar surface area (TPSA) is 110 Å². The van der Waals surface area contributed by atoms with Crippen LogP contribution in [0.5, 0.6) is 0 Å². The molecule has 3 rings (SSSR count). The molecule has 0 aliphatic heterocycles. The summed E-state index contributed by atoms with van der Waals surface area (Å²) in [5.74, 6) is -0.695. The normalized spacial score (nSPS) is 12.5. The summed E-state index contributed by atoms with van der Waals surface area (Å²) in [6.45, 7) is 1.93. The number of hydrogen-bond acceptors (Lipinski definition) is 4. The summed E-state index contributed by atoms with van der Waals surface area (Å²) in [6, 6.07) is 21.8. The van der Waals surface area contributed by atoms with E-state index < -0.39 is 23.2 Å². The van der Waals surface area contributed by atoms with Crippen LogP contribution in [0.15, 0.2) is 72.8 Å². The van der Waals surface area contributed by atoms with Crippen LogP contribution in [0.4, 0.5) is 5.69 Å². The van der Waals surface area contributed by atoms with Crippen molar-refractivity contribution < 1.29 is 23.6 Å². The van der Waals surface area contributed by atoms with E-state index in [0.29, 0.717) is 12.1 Å². The fraction of sp³-hybridized carbons (Fsp3) is 0.259. The molecule has 2 unspecified atom stereocenters. The van der Waals surface area contributed by atoms with Crippen LogP contribution >= 0.6 is 0 Å². The number of likely N-dealkylation sites (N-methyl/N-ethyl adjacent to an activating group) is 1. The molecule has 0 fully saturated rings. The fourth-order valence-corrected chi connectivity index (χ4v) is 4.56. The molecule has 0 saturated heterocycles. The molecule has 3 N–H and O–H groups in total. The lowest BCUT2D eigenvalue weighted by Crippen LogP contribution is -2.48. The van der Waals surface area contributed by atoms with Crippen LogP contribution in [-0.4, -0.2) is 50.8 Å². The third kappa shape index (κ3) is 7.00. The SMILES string of the molecule is Cc1ccc(N(C(Cc2ccc(-c3ccc(CCC(=O)NO)cc3)cc2)C(=O)N(C)C)S(=O)O)cc1. The zero-order chi connectivity index (χ0) is 26.2. The summed E-state index contributed by atoms with van der Waals surface area (Å²) in [7, 11) is 3.26. The van der Waals surface area contributed by atoms with Gasteiger partial charge in [-0.3, -0.25) is 23.7 Å². The number of hydroxylamine groups is 1. The van der Waals surface area contributed by atoms with Gasteiger partial charge in [0.1, 0.15) is 6.04 Å². The molecule has 0 aromatic heterocycles. The van der Waals surface area contributed by atoms with E-state index in [2.05, 4.69) is 0 Å². The van der Waals surface area contributed by atoms with Gasteiger partial charge < -0.3 is 4.90 Å². The summed E-state index contributed by atoms with van der Waals surface area (Å²) in [5.41, 5.74) is 6.95. The molecular weight excluding hydrogens is 478 g/mol. The van der Waals surface area contributed by atoms with E-state index in [0.717, 1.165) is 27.8 Å². The Hall–Kier alpha value is -3.53. The summed E-state index contributed by atoms with van der Waals surface area (Å²) in [6.07, 6.45) is 0.982. The van der Waals surface area contributed by atoms with Gasteiger partial charge in [0.05, 0.1) is 5.69 Å². The van der Waals surface area contributed by atoms with Crippen molar-refractivity contribution in [2.24, 2.45) is 0 Å². The molecule has 0 radical (unpaired) electrons. The van der Waals surface area contributed by atoms with Gasteiger partial charge in [-0.05, 0) is 47.7 Å². The largest absolute Gasteiger partial charge is 0.347 e. The Balaban J connectivity index is 1.80. The number of anilines is 1. The van der Waals surface area contributed by atoms with E-state index in [1.165, 1.54) is 9.21 Å². The van der Waals surface area contributed by atoms with Crippen molar-refractivity contribution in [1.29, 1.82) is 0 Å². The van der Waals surface area contributed by atoms with E-state index in [-0.39, 0.29) is 18.7 Å². The first kappa shape index (κ1) is 27.1. The Labute approximate surface area is 213 Å². The summed E-state index contributed by atoms with van der Waals surface area (Å²) in [4.78, 5) is 25.7. The number of carbonyl (C=O) groups excluding carboxylic acids is 2. The molecule has 0 aliphatic rings. The molecule has 0 heterocycles. The zero-order valence-electron chi connectivity index (χ0n) is 20.5. The lowest BCUT2D eigenvalue weighted by atomic mass is 9.98. The molecular formula is C27H31N3O5S. The summed E-state index contributed by atoms with van der Waals surface area (Å²) in [5, 5.41) is 8.61. The third-order valence-electron chi connectivity index (χ3n) is 5.90. The minimum absolute atomic E-state index is 0.204. The van der Waals surface area contributed by atoms with Gasteiger partial charge in [-0.15, -0.1) is 0 Å². The maximum atomic E-state index is 13.1. The van der Waals surface area contributed by atoms with E-state index in [9.17, 15) is 18.4 Å². The van der Waals surface area contributed by atoms with E-state index in [4.69, 9.17) is 5.21 Å². The van der Waals surface area contributed by atoms with Crippen molar-refractivity contribution >= 4 is 28.8 Å². The number of nitrogens with zero attached hydrogens (tertiary/aromatic N) is 2. The second-order valence-electron chi connectivity index (χ2n) is 8.77. The molecule has 0 aliphatic carbocycles. The number of nitrogens with one attached hydrogen (secondary N) is 1. The van der Waals surface area contributed by atoms with Crippen molar-refractivity contribution in [3.8, 4) is 11.1 Å². The number of carbonyl (C=O) groups is 2. The highest BCUT2D eigenvalue weighted by atomic mass is 32.2. The van der Waals surface area contributed by atoms with Crippen LogP contribution in [-0.2, 0) is 33.7 Å². The summed E-state index contributed by atoms with van der Waals surface area (Å²) < 4.78 is 23.7. The van der Waals surface area contributed by atoms with Crippen LogP contribution in [0.2, 0.25) is 0 Å². The van der Waals surface area contributed by atoms with E-state index in [1.807, 2.05) is 67.6 Å². The predicted octanol–water partition coefficient (Wildman–Crippen LogP) is 3.74. The molecule has 0 spiro atoms. The second-order valence-corrected chi connectivity index (χ2v) is 9.63. The maximum absolute atomic E-state index is 13.1. The Bertz CT molecular complexity index is 1200. The monoisotopic (exact) mass is 509 g/mol. The molecule has 0 bridgehead atoms. The quantitative estimate of drug-likeness (QED) is 0.219. The van der Waals surface area contributed by atoms with Gasteiger partial charge in [0.15, 0.2) is 0 Å². The van der Waals surface area contributed by atoms with Crippen LogP contribution in [0.25, 0.3) is 11.1 Å². The lowest BCUT2D eigenvalue weighted by Gasteiger charge is -2.31. The molecule has 3 aromatic carbocycles. The van der Waals surface area contributed by atoms with Crippen molar-refractivity contribution in [3.63, 3.8) is 0 Å². The van der Waals surface area contributed by atoms with Gasteiger partial charge in [-0.2, -0.15) is 0 Å². The Morgan fingerprint density at radius 1 is 0.889 bits per heavy atom. The van der Waals surface area contributed by atoms with Crippen molar-refractivity contribution in [3.05, 3.63) is 89.5 Å². The molecule has 8 nitrogen and oxygen atoms in total. The minimum atomic E-state index is -2.40. The maximum Gasteiger partial charge on any atom is 0.262 e. The highest BCUT2D eigenvalue weighted by molar-refractivity contribution is 7.80. The molecule has 36 heavy (non-hydrogen) atoms. The first-order valence-corrected chi connectivity index (χ1v) is 12.5. The standard InChI is InChI=1S/C27H31N3O5S/c1-19-4-15-24(16-5-19)30(36(34)35)25(27(32)29(2)3)18-21-8-13-23(14-9-21)22-11-6-20(7-12-22)10-17-26(31)28-33/h4-9,11-16,25,33H,10,17-18H2,1-3H3,(H,28,31)(H,34,35). The fourth-order valence-electron chi connectivity index (χ4n) is 3.87. The van der Waals surface area contributed by atoms with Crippen LogP contribution in [0.3, 0.4) is 0 Å². The van der Waals surface area contributed by atoms with Crippen LogP contribution in [0, 0.1) is 6.92 Å². The van der Waals surface area contributed by atoms with Gasteiger partial charge >= 0.3 is 0 Å².